The van der Waals surface area contributed by atoms with Crippen LogP contribution in [-0.4, -0.2) is 71.2 Å². The smallest absolute Gasteiger partial charge is 0.190 e. The number of thioether (sulfide) groups is 1. The maximum atomic E-state index is 12.1. The van der Waals surface area contributed by atoms with Crippen LogP contribution in [0.2, 0.25) is 0 Å². The molecule has 5 rings (SSSR count). The van der Waals surface area contributed by atoms with Crippen LogP contribution in [-0.2, 0) is 17.2 Å². The first kappa shape index (κ1) is 22.9. The lowest BCUT2D eigenvalue weighted by atomic mass is 9.92. The lowest BCUT2D eigenvalue weighted by molar-refractivity contribution is 0.0828. The highest BCUT2D eigenvalue weighted by atomic mass is 32.2. The van der Waals surface area contributed by atoms with E-state index in [1.807, 2.05) is 17.8 Å². The highest BCUT2D eigenvalue weighted by Crippen LogP contribution is 2.59. The third kappa shape index (κ3) is 4.45. The molecule has 0 unspecified atom stereocenters. The number of piperidine rings is 1. The van der Waals surface area contributed by atoms with E-state index in [4.69, 9.17) is 9.47 Å². The number of fused-ring (bicyclic) bond motifs is 1. The second-order valence-corrected chi connectivity index (χ2v) is 10.8. The first-order chi connectivity index (χ1) is 16.0. The van der Waals surface area contributed by atoms with Gasteiger partial charge in [-0.15, -0.1) is 10.2 Å². The first-order valence-electron chi connectivity index (χ1n) is 12.0. The average molecular weight is 471 g/mol. The molecule has 178 valence electrons. The Morgan fingerprint density at radius 2 is 2.12 bits per heavy atom. The molecule has 1 aliphatic carbocycles. The molecule has 8 heteroatoms. The number of aromatic nitrogens is 3. The van der Waals surface area contributed by atoms with Gasteiger partial charge in [0.2, 0.25) is 0 Å². The van der Waals surface area contributed by atoms with Gasteiger partial charge in [-0.3, -0.25) is 4.79 Å². The summed E-state index contributed by atoms with van der Waals surface area (Å²) in [7, 11) is 3.72. The Morgan fingerprint density at radius 3 is 2.88 bits per heavy atom. The van der Waals surface area contributed by atoms with Crippen LogP contribution in [0, 0.1) is 5.92 Å². The molecule has 33 heavy (non-hydrogen) atoms. The number of carbonyl (C=O) groups excluding carboxylic acids is 1. The Labute approximate surface area is 200 Å². The Morgan fingerprint density at radius 1 is 1.30 bits per heavy atom. The van der Waals surface area contributed by atoms with Crippen LogP contribution in [0.1, 0.15) is 60.3 Å². The minimum atomic E-state index is 0.0675. The molecule has 3 aliphatic rings. The largest absolute Gasteiger partial charge is 0.496 e. The van der Waals surface area contributed by atoms with Crippen molar-refractivity contribution in [3.05, 3.63) is 35.2 Å². The van der Waals surface area contributed by atoms with Gasteiger partial charge in [-0.25, -0.2) is 0 Å². The first-order valence-corrected chi connectivity index (χ1v) is 13.0. The van der Waals surface area contributed by atoms with Crippen LogP contribution >= 0.6 is 11.8 Å². The van der Waals surface area contributed by atoms with Gasteiger partial charge in [-0.1, -0.05) is 17.8 Å². The van der Waals surface area contributed by atoms with E-state index in [-0.39, 0.29) is 11.2 Å². The van der Waals surface area contributed by atoms with Gasteiger partial charge >= 0.3 is 0 Å². The molecule has 3 heterocycles. The predicted molar refractivity (Wildman–Crippen MR) is 128 cm³/mol. The standard InChI is InChI=1S/C25H34N4O3S/c1-17(30)21-13-19(5-6-22(21)31-3)25-14-20(25)15-29(16-25)9-4-12-33-24-27-26-23(28(24)2)18-7-10-32-11-8-18/h5-6,13,18,20H,4,7-12,14-16H2,1-3H3/t20-,25+/m1/s1. The van der Waals surface area contributed by atoms with E-state index in [0.29, 0.717) is 23.1 Å². The van der Waals surface area contributed by atoms with Gasteiger partial charge in [0.1, 0.15) is 11.6 Å². The molecular formula is C25H34N4O3S. The van der Waals surface area contributed by atoms with Crippen molar-refractivity contribution in [1.82, 2.24) is 19.7 Å². The van der Waals surface area contributed by atoms with Gasteiger partial charge in [0.05, 0.1) is 12.7 Å². The van der Waals surface area contributed by atoms with Crippen LogP contribution in [0.25, 0.3) is 0 Å². The molecule has 0 amide bonds. The zero-order chi connectivity index (χ0) is 23.0. The summed E-state index contributed by atoms with van der Waals surface area (Å²) in [6.45, 7) is 6.61. The van der Waals surface area contributed by atoms with E-state index in [9.17, 15) is 4.79 Å². The molecule has 0 spiro atoms. The molecule has 7 nitrogen and oxygen atoms in total. The molecule has 0 radical (unpaired) electrons. The number of rotatable bonds is 9. The molecule has 1 aromatic carbocycles. The number of hydrogen-bond donors (Lipinski definition) is 0. The fraction of sp³-hybridized carbons (Fsp3) is 0.640. The summed E-state index contributed by atoms with van der Waals surface area (Å²) in [5, 5.41) is 9.95. The Hall–Kier alpha value is -1.90. The summed E-state index contributed by atoms with van der Waals surface area (Å²) >= 11 is 1.81. The molecule has 2 atom stereocenters. The second kappa shape index (κ2) is 9.39. The summed E-state index contributed by atoms with van der Waals surface area (Å²) in [5.41, 5.74) is 2.23. The van der Waals surface area contributed by atoms with E-state index in [0.717, 1.165) is 68.8 Å². The second-order valence-electron chi connectivity index (χ2n) is 9.75. The monoisotopic (exact) mass is 470 g/mol. The van der Waals surface area contributed by atoms with Crippen molar-refractivity contribution in [2.45, 2.75) is 49.1 Å². The highest BCUT2D eigenvalue weighted by molar-refractivity contribution is 7.99. The minimum Gasteiger partial charge on any atom is -0.496 e. The number of methoxy groups -OCH3 is 1. The predicted octanol–water partition coefficient (Wildman–Crippen LogP) is 3.68. The van der Waals surface area contributed by atoms with Crippen LogP contribution in [0.4, 0.5) is 0 Å². The molecule has 3 fully saturated rings. The maximum absolute atomic E-state index is 12.1. The average Bonchev–Trinajstić information content (AvgIpc) is 3.21. The van der Waals surface area contributed by atoms with Crippen LogP contribution in [0.3, 0.4) is 0 Å². The lowest BCUT2D eigenvalue weighted by Crippen LogP contribution is -2.28. The number of benzene rings is 1. The molecule has 0 N–H and O–H groups in total. The lowest BCUT2D eigenvalue weighted by Gasteiger charge is -2.22. The van der Waals surface area contributed by atoms with Gasteiger partial charge in [-0.05, 0) is 62.8 Å². The number of ether oxygens (including phenoxy) is 2. The molecule has 0 bridgehead atoms. The third-order valence-corrected chi connectivity index (χ3v) is 8.78. The number of Topliss-reactive ketones (excluding diaryl/α,β-unsaturated/α-hetero) is 1. The van der Waals surface area contributed by atoms with E-state index in [1.165, 1.54) is 12.0 Å². The van der Waals surface area contributed by atoms with Crippen LogP contribution in [0.5, 0.6) is 5.75 Å². The van der Waals surface area contributed by atoms with Crippen LogP contribution in [0.15, 0.2) is 23.4 Å². The molecule has 2 aliphatic heterocycles. The van der Waals surface area contributed by atoms with Crippen molar-refractivity contribution < 1.29 is 14.3 Å². The third-order valence-electron chi connectivity index (χ3n) is 7.67. The molecule has 2 saturated heterocycles. The van der Waals surface area contributed by atoms with Gasteiger partial charge in [-0.2, -0.15) is 0 Å². The minimum absolute atomic E-state index is 0.0675. The van der Waals surface area contributed by atoms with Crippen molar-refractivity contribution >= 4 is 17.5 Å². The topological polar surface area (TPSA) is 69.5 Å². The maximum Gasteiger partial charge on any atom is 0.190 e. The number of carbonyl (C=O) groups is 1. The van der Waals surface area contributed by atoms with Crippen molar-refractivity contribution in [2.75, 3.05) is 45.7 Å². The summed E-state index contributed by atoms with van der Waals surface area (Å²) in [5.74, 6) is 4.07. The number of ketones is 1. The Balaban J connectivity index is 1.13. The van der Waals surface area contributed by atoms with Gasteiger partial charge in [0.15, 0.2) is 10.9 Å². The number of hydrogen-bond acceptors (Lipinski definition) is 7. The summed E-state index contributed by atoms with van der Waals surface area (Å²) in [4.78, 5) is 14.7. The van der Waals surface area contributed by atoms with Crippen LogP contribution < -0.4 is 4.74 Å². The fourth-order valence-electron chi connectivity index (χ4n) is 5.71. The SMILES string of the molecule is COc1ccc([C@@]23C[C@@H]2CN(CCCSc2nnc(C4CCOCC4)n2C)C3)cc1C(C)=O. The normalized spacial score (nSPS) is 25.2. The summed E-state index contributed by atoms with van der Waals surface area (Å²) < 4.78 is 13.0. The summed E-state index contributed by atoms with van der Waals surface area (Å²) in [6, 6.07) is 6.20. The number of nitrogens with zero attached hydrogens (tertiary/aromatic N) is 4. The Bertz CT molecular complexity index is 1020. The summed E-state index contributed by atoms with van der Waals surface area (Å²) in [6.07, 6.45) is 4.44. The molecule has 1 saturated carbocycles. The van der Waals surface area contributed by atoms with E-state index in [1.54, 1.807) is 14.0 Å². The zero-order valence-electron chi connectivity index (χ0n) is 19.9. The van der Waals surface area contributed by atoms with Crippen molar-refractivity contribution in [1.29, 1.82) is 0 Å². The van der Waals surface area contributed by atoms with Gasteiger partial charge < -0.3 is 18.9 Å². The molecular weight excluding hydrogens is 436 g/mol. The zero-order valence-corrected chi connectivity index (χ0v) is 20.7. The molecule has 2 aromatic rings. The van der Waals surface area contributed by atoms with Crippen molar-refractivity contribution in [2.24, 2.45) is 13.0 Å². The highest BCUT2D eigenvalue weighted by Gasteiger charge is 2.60. The van der Waals surface area contributed by atoms with E-state index < -0.39 is 0 Å². The van der Waals surface area contributed by atoms with E-state index >= 15 is 0 Å². The van der Waals surface area contributed by atoms with Gasteiger partial charge in [0, 0.05) is 50.4 Å². The quantitative estimate of drug-likeness (QED) is 0.315. The van der Waals surface area contributed by atoms with Gasteiger partial charge in [0.25, 0.3) is 0 Å². The fourth-order valence-corrected chi connectivity index (χ4v) is 6.55. The molecule has 1 aromatic heterocycles. The van der Waals surface area contributed by atoms with E-state index in [2.05, 4.69) is 38.8 Å². The van der Waals surface area contributed by atoms with Crippen molar-refractivity contribution in [3.63, 3.8) is 0 Å². The Kier molecular flexibility index (Phi) is 6.51. The van der Waals surface area contributed by atoms with Crippen molar-refractivity contribution in [3.8, 4) is 5.75 Å². The number of likely N-dealkylation sites (tertiary alicyclic amines) is 1.